The van der Waals surface area contributed by atoms with Gasteiger partial charge in [-0.25, -0.2) is 0 Å². The minimum absolute atomic E-state index is 0.489. The Bertz CT molecular complexity index is 380. The van der Waals surface area contributed by atoms with Crippen molar-refractivity contribution in [3.05, 3.63) is 39.3 Å². The summed E-state index contributed by atoms with van der Waals surface area (Å²) in [5, 5.41) is 3.12. The second-order valence-corrected chi connectivity index (χ2v) is 4.58. The van der Waals surface area contributed by atoms with Gasteiger partial charge in [0.25, 0.3) is 0 Å². The lowest BCUT2D eigenvalue weighted by molar-refractivity contribution is 0.355. The van der Waals surface area contributed by atoms with Crippen LogP contribution in [0.15, 0.2) is 28.2 Å². The first-order chi connectivity index (χ1) is 7.69. The molecule has 1 aromatic rings. The van der Waals surface area contributed by atoms with E-state index in [4.69, 9.17) is 16.3 Å². The van der Waals surface area contributed by atoms with E-state index in [0.29, 0.717) is 6.61 Å². The molecule has 1 aromatic carbocycles. The fraction of sp³-hybridized carbons (Fsp3) is 0.333. The van der Waals surface area contributed by atoms with E-state index in [9.17, 15) is 0 Å². The number of aryl methyl sites for hydroxylation is 1. The minimum atomic E-state index is 0.489. The average Bonchev–Trinajstić information content (AvgIpc) is 2.22. The quantitative estimate of drug-likeness (QED) is 0.897. The molecule has 0 aliphatic carbocycles. The Labute approximate surface area is 110 Å². The van der Waals surface area contributed by atoms with Crippen molar-refractivity contribution in [2.75, 3.05) is 13.7 Å². The van der Waals surface area contributed by atoms with Crippen LogP contribution in [0.3, 0.4) is 0 Å². The summed E-state index contributed by atoms with van der Waals surface area (Å²) >= 11 is 8.93. The van der Waals surface area contributed by atoms with Gasteiger partial charge in [0.15, 0.2) is 0 Å². The third-order valence-corrected chi connectivity index (χ3v) is 2.73. The monoisotopic (exact) mass is 303 g/mol. The number of hydrogen-bond acceptors (Lipinski definition) is 2. The molecular formula is C12H15BrClNO. The van der Waals surface area contributed by atoms with E-state index in [0.717, 1.165) is 27.9 Å². The predicted molar refractivity (Wildman–Crippen MR) is 72.1 cm³/mol. The summed E-state index contributed by atoms with van der Waals surface area (Å²) in [6.07, 6.45) is 1.77. The number of nitrogens with one attached hydrogen (secondary N) is 1. The van der Waals surface area contributed by atoms with E-state index in [-0.39, 0.29) is 0 Å². The van der Waals surface area contributed by atoms with Crippen LogP contribution in [0, 0.1) is 6.92 Å². The van der Waals surface area contributed by atoms with Crippen molar-refractivity contribution in [2.45, 2.75) is 13.5 Å². The molecule has 0 aliphatic heterocycles. The molecule has 0 spiro atoms. The van der Waals surface area contributed by atoms with Crippen LogP contribution in [0.1, 0.15) is 11.1 Å². The average molecular weight is 305 g/mol. The molecule has 0 radical (unpaired) electrons. The summed E-state index contributed by atoms with van der Waals surface area (Å²) in [5.74, 6) is 0.923. The lowest BCUT2D eigenvalue weighted by Gasteiger charge is -2.13. The molecular weight excluding hydrogens is 289 g/mol. The Morgan fingerprint density at radius 3 is 2.88 bits per heavy atom. The molecule has 0 fully saturated rings. The third kappa shape index (κ3) is 3.81. The summed E-state index contributed by atoms with van der Waals surface area (Å²) in [6, 6.07) is 4.10. The standard InChI is InChI=1S/C12H15BrClNO/c1-9-6-11(13)7-10(8-15-2)12(9)16-5-3-4-14/h3-4,6-7,15H,5,8H2,1-2H3/b4-3+. The highest BCUT2D eigenvalue weighted by atomic mass is 79.9. The zero-order chi connectivity index (χ0) is 12.0. The summed E-state index contributed by atoms with van der Waals surface area (Å²) in [4.78, 5) is 0. The number of halogens is 2. The Morgan fingerprint density at radius 1 is 1.50 bits per heavy atom. The molecule has 16 heavy (non-hydrogen) atoms. The highest BCUT2D eigenvalue weighted by Gasteiger charge is 2.07. The van der Waals surface area contributed by atoms with Crippen LogP contribution in [0.4, 0.5) is 0 Å². The summed E-state index contributed by atoms with van der Waals surface area (Å²) in [6.45, 7) is 3.30. The summed E-state index contributed by atoms with van der Waals surface area (Å²) in [5.41, 5.74) is 3.71. The van der Waals surface area contributed by atoms with Crippen LogP contribution in [-0.4, -0.2) is 13.7 Å². The van der Waals surface area contributed by atoms with Gasteiger partial charge in [-0.3, -0.25) is 0 Å². The first-order valence-corrected chi connectivity index (χ1v) is 6.23. The largest absolute Gasteiger partial charge is 0.489 e. The van der Waals surface area contributed by atoms with Gasteiger partial charge < -0.3 is 10.1 Å². The molecule has 0 aliphatic rings. The normalized spacial score (nSPS) is 11.0. The zero-order valence-electron chi connectivity index (χ0n) is 9.39. The van der Waals surface area contributed by atoms with E-state index in [1.165, 1.54) is 5.54 Å². The molecule has 0 heterocycles. The van der Waals surface area contributed by atoms with Crippen molar-refractivity contribution in [3.8, 4) is 5.75 Å². The van der Waals surface area contributed by atoms with Crippen molar-refractivity contribution in [2.24, 2.45) is 0 Å². The van der Waals surface area contributed by atoms with Crippen LogP contribution < -0.4 is 10.1 Å². The number of rotatable bonds is 5. The molecule has 88 valence electrons. The second kappa shape index (κ2) is 6.94. The zero-order valence-corrected chi connectivity index (χ0v) is 11.7. The molecule has 1 N–H and O–H groups in total. The first kappa shape index (κ1) is 13.6. The molecule has 0 saturated carbocycles. The maximum atomic E-state index is 5.68. The number of ether oxygens (including phenoxy) is 1. The Kier molecular flexibility index (Phi) is 5.88. The van der Waals surface area contributed by atoms with Gasteiger partial charge in [-0.1, -0.05) is 27.5 Å². The van der Waals surface area contributed by atoms with Crippen molar-refractivity contribution >= 4 is 27.5 Å². The SMILES string of the molecule is CNCc1cc(Br)cc(C)c1OC/C=C/Cl. The molecule has 2 nitrogen and oxygen atoms in total. The third-order valence-electron chi connectivity index (χ3n) is 2.10. The number of hydrogen-bond donors (Lipinski definition) is 1. The van der Waals surface area contributed by atoms with Gasteiger partial charge in [0, 0.05) is 22.1 Å². The smallest absolute Gasteiger partial charge is 0.127 e. The van der Waals surface area contributed by atoms with Crippen molar-refractivity contribution in [1.82, 2.24) is 5.32 Å². The summed E-state index contributed by atoms with van der Waals surface area (Å²) in [7, 11) is 1.92. The molecule has 0 unspecified atom stereocenters. The predicted octanol–water partition coefficient (Wildman–Crippen LogP) is 3.61. The summed E-state index contributed by atoms with van der Waals surface area (Å²) < 4.78 is 6.75. The van der Waals surface area contributed by atoms with Gasteiger partial charge in [-0.05, 0) is 37.7 Å². The number of benzene rings is 1. The maximum Gasteiger partial charge on any atom is 0.127 e. The molecule has 0 amide bonds. The second-order valence-electron chi connectivity index (χ2n) is 3.41. The van der Waals surface area contributed by atoms with E-state index < -0.39 is 0 Å². The van der Waals surface area contributed by atoms with Crippen molar-refractivity contribution in [1.29, 1.82) is 0 Å². The maximum absolute atomic E-state index is 5.68. The van der Waals surface area contributed by atoms with Crippen LogP contribution >= 0.6 is 27.5 Å². The fourth-order valence-electron chi connectivity index (χ4n) is 1.50. The minimum Gasteiger partial charge on any atom is -0.489 e. The van der Waals surface area contributed by atoms with Crippen LogP contribution in [-0.2, 0) is 6.54 Å². The van der Waals surface area contributed by atoms with Gasteiger partial charge in [-0.2, -0.15) is 0 Å². The van der Waals surface area contributed by atoms with E-state index in [2.05, 4.69) is 27.3 Å². The Morgan fingerprint density at radius 2 is 2.25 bits per heavy atom. The van der Waals surface area contributed by atoms with Crippen molar-refractivity contribution in [3.63, 3.8) is 0 Å². The van der Waals surface area contributed by atoms with Crippen LogP contribution in [0.2, 0.25) is 0 Å². The van der Waals surface area contributed by atoms with Gasteiger partial charge in [0.1, 0.15) is 12.4 Å². The Balaban J connectivity index is 2.94. The van der Waals surface area contributed by atoms with Gasteiger partial charge in [-0.15, -0.1) is 0 Å². The van der Waals surface area contributed by atoms with E-state index in [1.54, 1.807) is 6.08 Å². The molecule has 0 bridgehead atoms. The highest BCUT2D eigenvalue weighted by Crippen LogP contribution is 2.28. The first-order valence-electron chi connectivity index (χ1n) is 5.00. The van der Waals surface area contributed by atoms with Gasteiger partial charge in [0.05, 0.1) is 0 Å². The lowest BCUT2D eigenvalue weighted by atomic mass is 10.1. The Hall–Kier alpha value is -0.510. The fourth-order valence-corrected chi connectivity index (χ4v) is 2.19. The van der Waals surface area contributed by atoms with Gasteiger partial charge in [0.2, 0.25) is 0 Å². The van der Waals surface area contributed by atoms with E-state index in [1.807, 2.05) is 20.0 Å². The topological polar surface area (TPSA) is 21.3 Å². The van der Waals surface area contributed by atoms with Crippen LogP contribution in [0.25, 0.3) is 0 Å². The molecule has 1 rings (SSSR count). The molecule has 0 aromatic heterocycles. The highest BCUT2D eigenvalue weighted by molar-refractivity contribution is 9.10. The molecule has 0 atom stereocenters. The van der Waals surface area contributed by atoms with E-state index >= 15 is 0 Å². The van der Waals surface area contributed by atoms with Crippen LogP contribution in [0.5, 0.6) is 5.75 Å². The molecule has 4 heteroatoms. The molecule has 0 saturated heterocycles. The lowest BCUT2D eigenvalue weighted by Crippen LogP contribution is -2.08. The van der Waals surface area contributed by atoms with Gasteiger partial charge >= 0.3 is 0 Å². The van der Waals surface area contributed by atoms with Crippen molar-refractivity contribution < 1.29 is 4.74 Å².